The molecule has 1 fully saturated rings. The highest BCUT2D eigenvalue weighted by Crippen LogP contribution is 2.26. The number of halogens is 2. The topological polar surface area (TPSA) is 20.3 Å². The molecular formula is C9H15F2NOS. The van der Waals surface area contributed by atoms with E-state index in [9.17, 15) is 13.6 Å². The zero-order chi connectivity index (χ0) is 10.6. The van der Waals surface area contributed by atoms with Crippen molar-refractivity contribution in [2.45, 2.75) is 30.9 Å². The lowest BCUT2D eigenvalue weighted by Gasteiger charge is -2.25. The highest BCUT2D eigenvalue weighted by Gasteiger charge is 2.25. The molecule has 0 aliphatic carbocycles. The first-order chi connectivity index (χ1) is 6.61. The van der Waals surface area contributed by atoms with Crippen LogP contribution in [0.5, 0.6) is 0 Å². The number of carbonyl (C=O) groups is 1. The zero-order valence-electron chi connectivity index (χ0n) is 8.21. The molecule has 0 aromatic rings. The summed E-state index contributed by atoms with van der Waals surface area (Å²) in [6.07, 6.45) is 0.563. The maximum atomic E-state index is 12.0. The van der Waals surface area contributed by atoms with E-state index in [0.29, 0.717) is 0 Å². The number of carbonyl (C=O) groups excluding carboxylic acids is 1. The highest BCUT2D eigenvalue weighted by atomic mass is 32.2. The number of hydrogen-bond acceptors (Lipinski definition) is 2. The van der Waals surface area contributed by atoms with Crippen LogP contribution in [0.4, 0.5) is 8.78 Å². The minimum absolute atomic E-state index is 0.0903. The molecule has 0 aromatic heterocycles. The summed E-state index contributed by atoms with van der Waals surface area (Å²) in [6.45, 7) is -0.449. The van der Waals surface area contributed by atoms with Gasteiger partial charge in [-0.2, -0.15) is 0 Å². The van der Waals surface area contributed by atoms with E-state index in [4.69, 9.17) is 0 Å². The Hall–Kier alpha value is -0.320. The Kier molecular flexibility index (Phi) is 4.65. The summed E-state index contributed by atoms with van der Waals surface area (Å²) in [4.78, 5) is 12.8. The van der Waals surface area contributed by atoms with E-state index in [1.165, 1.54) is 7.05 Å². The normalized spacial score (nSPS) is 22.4. The van der Waals surface area contributed by atoms with Gasteiger partial charge in [-0.25, -0.2) is 8.78 Å². The average Bonchev–Trinajstić information content (AvgIpc) is 2.17. The standard InChI is InChI=1S/C9H15F2NOS/c1-12(6-8(10)11)9(13)7-4-2-3-5-14-7/h7-8H,2-6H2,1H3/t7-/m1/s1. The van der Waals surface area contributed by atoms with E-state index in [0.717, 1.165) is 29.9 Å². The smallest absolute Gasteiger partial charge is 0.255 e. The summed E-state index contributed by atoms with van der Waals surface area (Å²) in [5, 5.41) is -0.0903. The summed E-state index contributed by atoms with van der Waals surface area (Å²) < 4.78 is 24.0. The average molecular weight is 223 g/mol. The van der Waals surface area contributed by atoms with Gasteiger partial charge in [0, 0.05) is 7.05 Å². The quantitative estimate of drug-likeness (QED) is 0.729. The van der Waals surface area contributed by atoms with E-state index in [2.05, 4.69) is 0 Å². The lowest BCUT2D eigenvalue weighted by atomic mass is 10.2. The molecule has 1 aliphatic heterocycles. The Morgan fingerprint density at radius 3 is 2.79 bits per heavy atom. The molecule has 0 bridgehead atoms. The van der Waals surface area contributed by atoms with Crippen LogP contribution in [0.2, 0.25) is 0 Å². The minimum atomic E-state index is -2.43. The summed E-state index contributed by atoms with van der Waals surface area (Å²) in [7, 11) is 1.45. The molecule has 0 N–H and O–H groups in total. The van der Waals surface area contributed by atoms with E-state index >= 15 is 0 Å². The van der Waals surface area contributed by atoms with Gasteiger partial charge in [-0.05, 0) is 18.6 Å². The molecule has 0 radical (unpaired) electrons. The van der Waals surface area contributed by atoms with Crippen molar-refractivity contribution in [2.24, 2.45) is 0 Å². The molecule has 1 amide bonds. The molecule has 1 atom stereocenters. The maximum absolute atomic E-state index is 12.0. The molecule has 1 heterocycles. The summed E-state index contributed by atoms with van der Waals surface area (Å²) in [6, 6.07) is 0. The molecule has 1 rings (SSSR count). The Balaban J connectivity index is 2.38. The second-order valence-electron chi connectivity index (χ2n) is 3.47. The number of alkyl halides is 2. The van der Waals surface area contributed by atoms with Gasteiger partial charge < -0.3 is 4.90 Å². The maximum Gasteiger partial charge on any atom is 0.255 e. The van der Waals surface area contributed by atoms with Crippen LogP contribution in [0.25, 0.3) is 0 Å². The van der Waals surface area contributed by atoms with Gasteiger partial charge in [0.2, 0.25) is 5.91 Å². The zero-order valence-corrected chi connectivity index (χ0v) is 9.03. The van der Waals surface area contributed by atoms with E-state index in [-0.39, 0.29) is 11.2 Å². The molecule has 5 heteroatoms. The van der Waals surface area contributed by atoms with Crippen molar-refractivity contribution >= 4 is 17.7 Å². The lowest BCUT2D eigenvalue weighted by Crippen LogP contribution is -2.38. The molecule has 1 saturated heterocycles. The summed E-state index contributed by atoms with van der Waals surface area (Å²) in [5.74, 6) is 0.828. The van der Waals surface area contributed by atoms with Crippen LogP contribution in [0, 0.1) is 0 Å². The predicted octanol–water partition coefficient (Wildman–Crippen LogP) is 2.00. The van der Waals surface area contributed by atoms with Gasteiger partial charge in [-0.3, -0.25) is 4.79 Å². The van der Waals surface area contributed by atoms with Crippen LogP contribution in [0.3, 0.4) is 0 Å². The van der Waals surface area contributed by atoms with Gasteiger partial charge in [0.1, 0.15) is 0 Å². The molecule has 0 spiro atoms. The van der Waals surface area contributed by atoms with Gasteiger partial charge in [-0.15, -0.1) is 11.8 Å². The minimum Gasteiger partial charge on any atom is -0.339 e. The van der Waals surface area contributed by atoms with Crippen molar-refractivity contribution < 1.29 is 13.6 Å². The van der Waals surface area contributed by atoms with Crippen LogP contribution < -0.4 is 0 Å². The lowest BCUT2D eigenvalue weighted by molar-refractivity contribution is -0.131. The van der Waals surface area contributed by atoms with Gasteiger partial charge in [-0.1, -0.05) is 6.42 Å². The van der Waals surface area contributed by atoms with Gasteiger partial charge in [0.05, 0.1) is 11.8 Å². The fourth-order valence-corrected chi connectivity index (χ4v) is 2.79. The predicted molar refractivity (Wildman–Crippen MR) is 53.7 cm³/mol. The second kappa shape index (κ2) is 5.53. The van der Waals surface area contributed by atoms with Crippen molar-refractivity contribution in [1.29, 1.82) is 0 Å². The van der Waals surface area contributed by atoms with Crippen LogP contribution in [-0.2, 0) is 4.79 Å². The number of rotatable bonds is 3. The van der Waals surface area contributed by atoms with Crippen molar-refractivity contribution in [3.8, 4) is 0 Å². The Morgan fingerprint density at radius 1 is 1.57 bits per heavy atom. The third-order valence-electron chi connectivity index (χ3n) is 2.24. The molecule has 1 aliphatic rings. The molecule has 82 valence electrons. The first kappa shape index (κ1) is 11.8. The summed E-state index contributed by atoms with van der Waals surface area (Å²) in [5.41, 5.74) is 0. The van der Waals surface area contributed by atoms with Crippen LogP contribution >= 0.6 is 11.8 Å². The van der Waals surface area contributed by atoms with Crippen molar-refractivity contribution in [2.75, 3.05) is 19.3 Å². The SMILES string of the molecule is CN(CC(F)F)C(=O)[C@H]1CCCCS1. The van der Waals surface area contributed by atoms with Gasteiger partial charge in [0.25, 0.3) is 6.43 Å². The van der Waals surface area contributed by atoms with E-state index < -0.39 is 13.0 Å². The second-order valence-corrected chi connectivity index (χ2v) is 4.78. The van der Waals surface area contributed by atoms with Crippen molar-refractivity contribution in [1.82, 2.24) is 4.90 Å². The number of amides is 1. The molecule has 0 saturated carbocycles. The number of hydrogen-bond donors (Lipinski definition) is 0. The largest absolute Gasteiger partial charge is 0.339 e. The van der Waals surface area contributed by atoms with E-state index in [1.54, 1.807) is 11.8 Å². The van der Waals surface area contributed by atoms with E-state index in [1.807, 2.05) is 0 Å². The summed E-state index contributed by atoms with van der Waals surface area (Å²) >= 11 is 1.59. The van der Waals surface area contributed by atoms with Crippen LogP contribution in [-0.4, -0.2) is 41.8 Å². The molecule has 0 aromatic carbocycles. The van der Waals surface area contributed by atoms with Crippen molar-refractivity contribution in [3.05, 3.63) is 0 Å². The molecule has 0 unspecified atom stereocenters. The van der Waals surface area contributed by atoms with Gasteiger partial charge in [0.15, 0.2) is 0 Å². The first-order valence-corrected chi connectivity index (χ1v) is 5.81. The Morgan fingerprint density at radius 2 is 2.29 bits per heavy atom. The van der Waals surface area contributed by atoms with Gasteiger partial charge >= 0.3 is 0 Å². The monoisotopic (exact) mass is 223 g/mol. The Bertz CT molecular complexity index is 195. The molecular weight excluding hydrogens is 208 g/mol. The third kappa shape index (κ3) is 3.44. The highest BCUT2D eigenvalue weighted by molar-refractivity contribution is 8.00. The van der Waals surface area contributed by atoms with Crippen LogP contribution in [0.1, 0.15) is 19.3 Å². The molecule has 14 heavy (non-hydrogen) atoms. The Labute approximate surface area is 87.0 Å². The molecule has 2 nitrogen and oxygen atoms in total. The fourth-order valence-electron chi connectivity index (χ4n) is 1.48. The number of nitrogens with zero attached hydrogens (tertiary/aromatic N) is 1. The van der Waals surface area contributed by atoms with Crippen molar-refractivity contribution in [3.63, 3.8) is 0 Å². The number of thioether (sulfide) groups is 1. The third-order valence-corrected chi connectivity index (χ3v) is 3.61. The fraction of sp³-hybridized carbons (Fsp3) is 0.889. The van der Waals surface area contributed by atoms with Crippen LogP contribution in [0.15, 0.2) is 0 Å². The first-order valence-electron chi connectivity index (χ1n) is 4.76.